The van der Waals surface area contributed by atoms with Gasteiger partial charge in [-0.25, -0.2) is 0 Å². The second-order valence-electron chi connectivity index (χ2n) is 2.54. The summed E-state index contributed by atoms with van der Waals surface area (Å²) in [6, 6.07) is 2.13. The van der Waals surface area contributed by atoms with Gasteiger partial charge in [-0.15, -0.1) is 0 Å². The van der Waals surface area contributed by atoms with E-state index in [1.54, 1.807) is 6.07 Å². The molecule has 0 bridgehead atoms. The highest BCUT2D eigenvalue weighted by molar-refractivity contribution is 6.44. The van der Waals surface area contributed by atoms with E-state index >= 15 is 0 Å². The largest absolute Gasteiger partial charge is 0.449 e. The Morgan fingerprint density at radius 3 is 3.00 bits per heavy atom. The minimum Gasteiger partial charge on any atom is -0.449 e. The van der Waals surface area contributed by atoms with Gasteiger partial charge < -0.3 is 9.76 Å². The van der Waals surface area contributed by atoms with Crippen LogP contribution in [0.4, 0.5) is 0 Å². The summed E-state index contributed by atoms with van der Waals surface area (Å²) in [5, 5.41) is 12.7. The van der Waals surface area contributed by atoms with Crippen LogP contribution < -0.4 is 5.59 Å². The van der Waals surface area contributed by atoms with Crippen LogP contribution >= 0.6 is 0 Å². The summed E-state index contributed by atoms with van der Waals surface area (Å²) in [4.78, 5) is 0. The Kier molecular flexibility index (Phi) is 1.67. The second kappa shape index (κ2) is 2.67. The Bertz CT molecular complexity index is 246. The van der Waals surface area contributed by atoms with Crippen LogP contribution in [0.15, 0.2) is 12.3 Å². The molecule has 1 aliphatic heterocycles. The number of aromatic nitrogens is 2. The third-order valence-corrected chi connectivity index (χ3v) is 1.76. The van der Waals surface area contributed by atoms with Gasteiger partial charge in [-0.2, -0.15) is 5.10 Å². The van der Waals surface area contributed by atoms with Crippen molar-refractivity contribution in [3.05, 3.63) is 12.3 Å². The molecule has 1 N–H and O–H groups in total. The van der Waals surface area contributed by atoms with Gasteiger partial charge in [-0.3, -0.25) is 4.68 Å². The summed E-state index contributed by atoms with van der Waals surface area (Å²) in [7, 11) is 0.996. The zero-order valence-corrected chi connectivity index (χ0v) is 5.97. The fraction of sp³-hybridized carbons (Fsp3) is 0.500. The third-order valence-electron chi connectivity index (χ3n) is 1.76. The van der Waals surface area contributed by atoms with Gasteiger partial charge in [0.25, 0.3) is 0 Å². The average Bonchev–Trinajstić information content (AvgIpc) is 2.32. The van der Waals surface area contributed by atoms with E-state index in [-0.39, 0.29) is 0 Å². The molecule has 1 radical (unpaired) electrons. The highest BCUT2D eigenvalue weighted by Crippen LogP contribution is 2.13. The molecule has 57 valence electrons. The Morgan fingerprint density at radius 2 is 2.55 bits per heavy atom. The van der Waals surface area contributed by atoms with E-state index in [4.69, 9.17) is 9.76 Å². The van der Waals surface area contributed by atoms with Gasteiger partial charge >= 0.3 is 7.48 Å². The van der Waals surface area contributed by atoms with Crippen molar-refractivity contribution in [1.29, 1.82) is 0 Å². The molecule has 0 saturated carbocycles. The second-order valence-corrected chi connectivity index (χ2v) is 2.54. The maximum atomic E-state index is 8.59. The molecule has 2 heterocycles. The minimum absolute atomic E-state index is 0.365. The van der Waals surface area contributed by atoms with E-state index in [1.807, 2.05) is 10.9 Å². The van der Waals surface area contributed by atoms with E-state index in [2.05, 4.69) is 5.10 Å². The molecule has 1 aliphatic rings. The molecule has 0 aromatic carbocycles. The first-order valence-electron chi connectivity index (χ1n) is 3.50. The first-order chi connectivity index (χ1) is 5.40. The predicted octanol–water partition coefficient (Wildman–Crippen LogP) is -1.31. The van der Waals surface area contributed by atoms with Crippen LogP contribution in [-0.4, -0.2) is 35.5 Å². The lowest BCUT2D eigenvalue weighted by Gasteiger charge is -2.25. The molecule has 5 heteroatoms. The van der Waals surface area contributed by atoms with Gasteiger partial charge in [0.1, 0.15) is 0 Å². The number of hydrogen-bond donors (Lipinski definition) is 1. The van der Waals surface area contributed by atoms with E-state index in [0.717, 1.165) is 20.7 Å². The lowest BCUT2D eigenvalue weighted by Crippen LogP contribution is -2.32. The number of rotatable bonds is 2. The Labute approximate surface area is 65.1 Å². The lowest BCUT2D eigenvalue weighted by atomic mass is 9.97. The van der Waals surface area contributed by atoms with Crippen molar-refractivity contribution in [3.8, 4) is 0 Å². The molecule has 0 amide bonds. The molecule has 11 heavy (non-hydrogen) atoms. The molecule has 1 fully saturated rings. The maximum Gasteiger partial charge on any atom is 0.350 e. The molecule has 2 rings (SSSR count). The number of ether oxygens (including phenoxy) is 1. The lowest BCUT2D eigenvalue weighted by molar-refractivity contribution is -0.0284. The monoisotopic (exact) mass is 151 g/mol. The van der Waals surface area contributed by atoms with E-state index < -0.39 is 0 Å². The van der Waals surface area contributed by atoms with E-state index in [1.165, 1.54) is 0 Å². The first kappa shape index (κ1) is 6.88. The molecule has 0 atom stereocenters. The Hall–Kier alpha value is -0.805. The van der Waals surface area contributed by atoms with Crippen LogP contribution in [-0.2, 0) is 4.74 Å². The Morgan fingerprint density at radius 1 is 1.73 bits per heavy atom. The van der Waals surface area contributed by atoms with Gasteiger partial charge in [0.2, 0.25) is 0 Å². The summed E-state index contributed by atoms with van der Waals surface area (Å²) in [6.45, 7) is 1.46. The molecule has 1 aromatic heterocycles. The molecule has 1 aromatic rings. The molecule has 0 unspecified atom stereocenters. The number of nitrogens with zero attached hydrogens (tertiary/aromatic N) is 2. The average molecular weight is 151 g/mol. The van der Waals surface area contributed by atoms with Crippen molar-refractivity contribution in [3.63, 3.8) is 0 Å². The summed E-state index contributed by atoms with van der Waals surface area (Å²) >= 11 is 0. The quantitative estimate of drug-likeness (QED) is 0.534. The van der Waals surface area contributed by atoms with Crippen molar-refractivity contribution in [2.75, 3.05) is 13.2 Å². The van der Waals surface area contributed by atoms with Crippen molar-refractivity contribution >= 4 is 13.1 Å². The predicted molar refractivity (Wildman–Crippen MR) is 39.7 cm³/mol. The molecular formula is C6H8BN2O2. The van der Waals surface area contributed by atoms with Crippen LogP contribution in [0.2, 0.25) is 0 Å². The van der Waals surface area contributed by atoms with Gasteiger partial charge in [-0.1, -0.05) is 0 Å². The van der Waals surface area contributed by atoms with Crippen LogP contribution in [0.5, 0.6) is 0 Å². The van der Waals surface area contributed by atoms with Crippen molar-refractivity contribution < 1.29 is 9.76 Å². The SMILES string of the molecule is O[B]c1ccn(C2COC2)n1. The van der Waals surface area contributed by atoms with E-state index in [9.17, 15) is 0 Å². The van der Waals surface area contributed by atoms with Crippen LogP contribution in [0, 0.1) is 0 Å². The van der Waals surface area contributed by atoms with Crippen molar-refractivity contribution in [1.82, 2.24) is 9.78 Å². The standard InChI is InChI=1S/C6H8BN2O2/c10-7-6-1-2-9(8-6)5-3-11-4-5/h1-2,5,10H,3-4H2. The highest BCUT2D eigenvalue weighted by atomic mass is 16.5. The third kappa shape index (κ3) is 1.17. The van der Waals surface area contributed by atoms with E-state index in [0.29, 0.717) is 11.6 Å². The minimum atomic E-state index is 0.365. The fourth-order valence-electron chi connectivity index (χ4n) is 1.00. The molecule has 4 nitrogen and oxygen atoms in total. The first-order valence-corrected chi connectivity index (χ1v) is 3.50. The molecular weight excluding hydrogens is 143 g/mol. The van der Waals surface area contributed by atoms with Gasteiger partial charge in [0.05, 0.1) is 24.8 Å². The number of hydrogen-bond acceptors (Lipinski definition) is 3. The fourth-order valence-corrected chi connectivity index (χ4v) is 1.00. The van der Waals surface area contributed by atoms with Crippen LogP contribution in [0.25, 0.3) is 0 Å². The van der Waals surface area contributed by atoms with Gasteiger partial charge in [0.15, 0.2) is 0 Å². The highest BCUT2D eigenvalue weighted by Gasteiger charge is 2.20. The summed E-state index contributed by atoms with van der Waals surface area (Å²) in [5.74, 6) is 0. The van der Waals surface area contributed by atoms with Crippen LogP contribution in [0.1, 0.15) is 6.04 Å². The zero-order chi connectivity index (χ0) is 7.68. The molecule has 0 aliphatic carbocycles. The summed E-state index contributed by atoms with van der Waals surface area (Å²) < 4.78 is 6.81. The zero-order valence-electron chi connectivity index (χ0n) is 5.97. The normalized spacial score (nSPS) is 17.9. The van der Waals surface area contributed by atoms with Crippen LogP contribution in [0.3, 0.4) is 0 Å². The Balaban J connectivity index is 2.11. The van der Waals surface area contributed by atoms with Crippen molar-refractivity contribution in [2.45, 2.75) is 6.04 Å². The summed E-state index contributed by atoms with van der Waals surface area (Å²) in [5.41, 5.74) is 0.594. The topological polar surface area (TPSA) is 47.3 Å². The smallest absolute Gasteiger partial charge is 0.350 e. The molecule has 0 spiro atoms. The summed E-state index contributed by atoms with van der Waals surface area (Å²) in [6.07, 6.45) is 1.84. The van der Waals surface area contributed by atoms with Crippen molar-refractivity contribution in [2.24, 2.45) is 0 Å². The van der Waals surface area contributed by atoms with Gasteiger partial charge in [0, 0.05) is 6.20 Å². The maximum absolute atomic E-state index is 8.59. The molecule has 1 saturated heterocycles. The van der Waals surface area contributed by atoms with Gasteiger partial charge in [-0.05, 0) is 6.07 Å².